The van der Waals surface area contributed by atoms with E-state index >= 15 is 0 Å². The molecule has 23 heavy (non-hydrogen) atoms. The highest BCUT2D eigenvalue weighted by atomic mass is 35.5. The summed E-state index contributed by atoms with van der Waals surface area (Å²) in [6.07, 6.45) is -0.0490. The lowest BCUT2D eigenvalue weighted by Gasteiger charge is -2.24. The van der Waals surface area contributed by atoms with Crippen LogP contribution in [0.25, 0.3) is 0 Å². The monoisotopic (exact) mass is 357 g/mol. The summed E-state index contributed by atoms with van der Waals surface area (Å²) in [5.41, 5.74) is 1.25. The smallest absolute Gasteiger partial charge is 0.265 e. The van der Waals surface area contributed by atoms with E-state index in [4.69, 9.17) is 4.74 Å². The van der Waals surface area contributed by atoms with Crippen molar-refractivity contribution in [2.75, 3.05) is 28.7 Å². The third-order valence-electron chi connectivity index (χ3n) is 3.62. The van der Waals surface area contributed by atoms with Gasteiger partial charge in [-0.15, -0.1) is 12.4 Å². The maximum Gasteiger partial charge on any atom is 0.265 e. The fourth-order valence-corrected chi connectivity index (χ4v) is 3.42. The molecule has 1 fully saturated rings. The molecule has 0 spiro atoms. The number of amides is 2. The average Bonchev–Trinajstić information content (AvgIpc) is 2.49. The van der Waals surface area contributed by atoms with Crippen LogP contribution in [0.4, 0.5) is 11.4 Å². The minimum absolute atomic E-state index is 0. The number of ether oxygens (including phenoxy) is 1. The normalized spacial score (nSPS) is 22.9. The summed E-state index contributed by atoms with van der Waals surface area (Å²) in [6.45, 7) is 2.64. The van der Waals surface area contributed by atoms with Gasteiger partial charge in [-0.1, -0.05) is 0 Å². The van der Waals surface area contributed by atoms with Crippen molar-refractivity contribution in [3.63, 3.8) is 0 Å². The Hall–Kier alpha value is -1.44. The standard InChI is InChI=1S/C15H19N3O3S.ClH/c1-9-15(20)18-12-6-10(2-3-13(12)21-9)17-14(19)7-11-8-22-5-4-16-11;/h2-3,6,9,11,16H,4-5,7-8H2,1H3,(H,17,19)(H,18,20);1H. The van der Waals surface area contributed by atoms with Crippen LogP contribution in [0.2, 0.25) is 0 Å². The Balaban J connectivity index is 0.00000192. The second-order valence-electron chi connectivity index (χ2n) is 5.44. The fourth-order valence-electron chi connectivity index (χ4n) is 2.47. The van der Waals surface area contributed by atoms with Gasteiger partial charge in [0, 0.05) is 36.2 Å². The number of anilines is 2. The SMILES string of the molecule is CC1Oc2ccc(NC(=O)CC3CSCCN3)cc2NC1=O.Cl. The number of carbonyl (C=O) groups excluding carboxylic acids is 2. The van der Waals surface area contributed by atoms with E-state index < -0.39 is 6.10 Å². The Morgan fingerprint density at radius 3 is 3.04 bits per heavy atom. The molecule has 1 aromatic rings. The molecule has 126 valence electrons. The number of rotatable bonds is 3. The maximum atomic E-state index is 12.1. The molecule has 2 aliphatic rings. The van der Waals surface area contributed by atoms with Crippen LogP contribution in [0.5, 0.6) is 5.75 Å². The van der Waals surface area contributed by atoms with E-state index in [1.54, 1.807) is 25.1 Å². The first-order chi connectivity index (χ1) is 10.6. The summed E-state index contributed by atoms with van der Waals surface area (Å²) < 4.78 is 5.49. The molecule has 2 unspecified atom stereocenters. The predicted molar refractivity (Wildman–Crippen MR) is 94.8 cm³/mol. The summed E-state index contributed by atoms with van der Waals surface area (Å²) in [6, 6.07) is 5.49. The number of carbonyl (C=O) groups is 2. The number of thioether (sulfide) groups is 1. The molecule has 3 N–H and O–H groups in total. The lowest BCUT2D eigenvalue weighted by molar-refractivity contribution is -0.122. The van der Waals surface area contributed by atoms with Crippen LogP contribution in [0.3, 0.4) is 0 Å². The molecule has 3 rings (SSSR count). The van der Waals surface area contributed by atoms with Crippen molar-refractivity contribution in [1.82, 2.24) is 5.32 Å². The maximum absolute atomic E-state index is 12.1. The minimum Gasteiger partial charge on any atom is -0.479 e. The van der Waals surface area contributed by atoms with Crippen molar-refractivity contribution in [2.24, 2.45) is 0 Å². The minimum atomic E-state index is -0.497. The van der Waals surface area contributed by atoms with Crippen molar-refractivity contribution in [3.8, 4) is 5.75 Å². The summed E-state index contributed by atoms with van der Waals surface area (Å²) in [5.74, 6) is 2.46. The quantitative estimate of drug-likeness (QED) is 0.769. The molecule has 2 aliphatic heterocycles. The van der Waals surface area contributed by atoms with Crippen LogP contribution in [-0.2, 0) is 9.59 Å². The summed E-state index contributed by atoms with van der Waals surface area (Å²) >= 11 is 1.86. The number of halogens is 1. The van der Waals surface area contributed by atoms with Crippen LogP contribution >= 0.6 is 24.2 Å². The number of fused-ring (bicyclic) bond motifs is 1. The molecule has 0 aromatic heterocycles. The second-order valence-corrected chi connectivity index (χ2v) is 6.59. The molecule has 8 heteroatoms. The number of hydrogen-bond acceptors (Lipinski definition) is 5. The number of benzene rings is 1. The van der Waals surface area contributed by atoms with Gasteiger partial charge in [0.25, 0.3) is 5.91 Å². The van der Waals surface area contributed by atoms with Crippen molar-refractivity contribution in [1.29, 1.82) is 0 Å². The van der Waals surface area contributed by atoms with Gasteiger partial charge in [-0.25, -0.2) is 0 Å². The number of hydrogen-bond donors (Lipinski definition) is 3. The van der Waals surface area contributed by atoms with E-state index in [0.717, 1.165) is 18.1 Å². The molecule has 2 amide bonds. The van der Waals surface area contributed by atoms with Gasteiger partial charge >= 0.3 is 0 Å². The van der Waals surface area contributed by atoms with Crippen LogP contribution in [0.15, 0.2) is 18.2 Å². The lowest BCUT2D eigenvalue weighted by Crippen LogP contribution is -2.39. The molecule has 0 bridgehead atoms. The highest BCUT2D eigenvalue weighted by Gasteiger charge is 2.24. The van der Waals surface area contributed by atoms with Gasteiger partial charge in [0.1, 0.15) is 5.75 Å². The van der Waals surface area contributed by atoms with Gasteiger partial charge in [0.15, 0.2) is 6.10 Å². The molecular formula is C15H20ClN3O3S. The van der Waals surface area contributed by atoms with Crippen LogP contribution in [-0.4, -0.2) is 42.0 Å². The molecule has 2 atom stereocenters. The average molecular weight is 358 g/mol. The molecular weight excluding hydrogens is 338 g/mol. The first-order valence-electron chi connectivity index (χ1n) is 7.34. The van der Waals surface area contributed by atoms with Gasteiger partial charge in [0.2, 0.25) is 5.91 Å². The summed E-state index contributed by atoms with van der Waals surface area (Å²) in [4.78, 5) is 23.7. The molecule has 0 radical (unpaired) electrons. The number of nitrogens with one attached hydrogen (secondary N) is 3. The van der Waals surface area contributed by atoms with Crippen LogP contribution in [0.1, 0.15) is 13.3 Å². The van der Waals surface area contributed by atoms with E-state index in [1.807, 2.05) is 11.8 Å². The van der Waals surface area contributed by atoms with E-state index in [1.165, 1.54) is 0 Å². The van der Waals surface area contributed by atoms with Gasteiger partial charge < -0.3 is 20.7 Å². The van der Waals surface area contributed by atoms with Crippen molar-refractivity contribution < 1.29 is 14.3 Å². The first kappa shape index (κ1) is 17.9. The Kier molecular flexibility index (Phi) is 6.15. The van der Waals surface area contributed by atoms with Crippen molar-refractivity contribution in [3.05, 3.63) is 18.2 Å². The van der Waals surface area contributed by atoms with Crippen LogP contribution < -0.4 is 20.7 Å². The van der Waals surface area contributed by atoms with Crippen LogP contribution in [0, 0.1) is 0 Å². The van der Waals surface area contributed by atoms with E-state index in [2.05, 4.69) is 16.0 Å². The third-order valence-corrected chi connectivity index (χ3v) is 4.76. The summed E-state index contributed by atoms with van der Waals surface area (Å²) in [7, 11) is 0. The zero-order chi connectivity index (χ0) is 15.5. The first-order valence-corrected chi connectivity index (χ1v) is 8.50. The van der Waals surface area contributed by atoms with E-state index in [0.29, 0.717) is 23.5 Å². The highest BCUT2D eigenvalue weighted by Crippen LogP contribution is 2.32. The zero-order valence-corrected chi connectivity index (χ0v) is 14.4. The van der Waals surface area contributed by atoms with Crippen molar-refractivity contribution >= 4 is 47.4 Å². The van der Waals surface area contributed by atoms with Gasteiger partial charge in [-0.3, -0.25) is 9.59 Å². The Bertz CT molecular complexity index is 593. The molecule has 0 aliphatic carbocycles. The van der Waals surface area contributed by atoms with Crippen molar-refractivity contribution in [2.45, 2.75) is 25.5 Å². The molecule has 6 nitrogen and oxygen atoms in total. The molecule has 0 saturated carbocycles. The predicted octanol–water partition coefficient (Wildman–Crippen LogP) is 1.86. The molecule has 2 heterocycles. The van der Waals surface area contributed by atoms with Gasteiger partial charge in [-0.05, 0) is 25.1 Å². The second kappa shape index (κ2) is 7.90. The Labute approximate surface area is 145 Å². The lowest BCUT2D eigenvalue weighted by atomic mass is 10.2. The summed E-state index contributed by atoms with van der Waals surface area (Å²) in [5, 5.41) is 8.98. The molecule has 1 saturated heterocycles. The van der Waals surface area contributed by atoms with E-state index in [-0.39, 0.29) is 30.3 Å². The van der Waals surface area contributed by atoms with Gasteiger partial charge in [-0.2, -0.15) is 11.8 Å². The Morgan fingerprint density at radius 1 is 1.48 bits per heavy atom. The third kappa shape index (κ3) is 4.53. The Morgan fingerprint density at radius 2 is 2.30 bits per heavy atom. The fraction of sp³-hybridized carbons (Fsp3) is 0.467. The van der Waals surface area contributed by atoms with E-state index in [9.17, 15) is 9.59 Å². The zero-order valence-electron chi connectivity index (χ0n) is 12.8. The topological polar surface area (TPSA) is 79.5 Å². The van der Waals surface area contributed by atoms with Gasteiger partial charge in [0.05, 0.1) is 5.69 Å². The largest absolute Gasteiger partial charge is 0.479 e. The highest BCUT2D eigenvalue weighted by molar-refractivity contribution is 7.99. The molecule has 1 aromatic carbocycles.